The zero-order valence-electron chi connectivity index (χ0n) is 13.5. The fourth-order valence-electron chi connectivity index (χ4n) is 2.56. The van der Waals surface area contributed by atoms with Gasteiger partial charge in [-0.2, -0.15) is 0 Å². The second-order valence-corrected chi connectivity index (χ2v) is 6.59. The molecule has 1 amide bonds. The van der Waals surface area contributed by atoms with E-state index in [4.69, 9.17) is 4.74 Å². The summed E-state index contributed by atoms with van der Waals surface area (Å²) in [5, 5.41) is 0. The second kappa shape index (κ2) is 6.48. The molecule has 1 atom stereocenters. The molecule has 0 bridgehead atoms. The van der Waals surface area contributed by atoms with Crippen LogP contribution in [-0.4, -0.2) is 47.7 Å². The van der Waals surface area contributed by atoms with Crippen molar-refractivity contribution in [3.8, 4) is 0 Å². The Morgan fingerprint density at radius 2 is 1.67 bits per heavy atom. The average molecular weight is 290 g/mol. The maximum Gasteiger partial charge on any atom is 0.410 e. The number of carbonyl (C=O) groups excluding carboxylic acids is 1. The van der Waals surface area contributed by atoms with E-state index in [0.29, 0.717) is 6.04 Å². The number of amides is 1. The first kappa shape index (κ1) is 15.8. The van der Waals surface area contributed by atoms with Crippen LogP contribution in [0, 0.1) is 0 Å². The van der Waals surface area contributed by atoms with Crippen LogP contribution in [0.4, 0.5) is 4.79 Å². The molecule has 0 spiro atoms. The third-order valence-electron chi connectivity index (χ3n) is 3.80. The highest BCUT2D eigenvalue weighted by atomic mass is 16.6. The summed E-state index contributed by atoms with van der Waals surface area (Å²) in [7, 11) is 0. The Balaban J connectivity index is 1.87. The highest BCUT2D eigenvalue weighted by molar-refractivity contribution is 5.68. The molecule has 0 saturated carbocycles. The van der Waals surface area contributed by atoms with Crippen LogP contribution in [0.25, 0.3) is 0 Å². The number of hydrogen-bond donors (Lipinski definition) is 0. The van der Waals surface area contributed by atoms with Crippen LogP contribution < -0.4 is 0 Å². The number of ether oxygens (including phenoxy) is 1. The van der Waals surface area contributed by atoms with Gasteiger partial charge in [-0.3, -0.25) is 4.90 Å². The Kier molecular flexibility index (Phi) is 4.88. The molecule has 4 heteroatoms. The summed E-state index contributed by atoms with van der Waals surface area (Å²) in [6, 6.07) is 10.9. The monoisotopic (exact) mass is 290 g/mol. The van der Waals surface area contributed by atoms with Crippen LogP contribution in [0.5, 0.6) is 0 Å². The maximum absolute atomic E-state index is 12.0. The zero-order valence-corrected chi connectivity index (χ0v) is 13.5. The molecular formula is C17H26N2O2. The van der Waals surface area contributed by atoms with E-state index in [1.807, 2.05) is 26.8 Å². The van der Waals surface area contributed by atoms with Crippen molar-refractivity contribution in [2.75, 3.05) is 26.2 Å². The first-order valence-corrected chi connectivity index (χ1v) is 7.64. The molecule has 1 aromatic rings. The Morgan fingerprint density at radius 1 is 1.10 bits per heavy atom. The van der Waals surface area contributed by atoms with Gasteiger partial charge in [-0.25, -0.2) is 4.79 Å². The fourth-order valence-corrected chi connectivity index (χ4v) is 2.56. The summed E-state index contributed by atoms with van der Waals surface area (Å²) in [4.78, 5) is 16.3. The van der Waals surface area contributed by atoms with Crippen LogP contribution in [0.1, 0.15) is 39.3 Å². The van der Waals surface area contributed by atoms with Crippen LogP contribution in [0.2, 0.25) is 0 Å². The van der Waals surface area contributed by atoms with Gasteiger partial charge in [0.05, 0.1) is 0 Å². The first-order chi connectivity index (χ1) is 9.87. The van der Waals surface area contributed by atoms with Gasteiger partial charge < -0.3 is 9.64 Å². The Hall–Kier alpha value is -1.55. The highest BCUT2D eigenvalue weighted by Gasteiger charge is 2.27. The minimum atomic E-state index is -0.425. The molecule has 4 nitrogen and oxygen atoms in total. The van der Waals surface area contributed by atoms with E-state index in [9.17, 15) is 4.79 Å². The lowest BCUT2D eigenvalue weighted by molar-refractivity contribution is 0.0110. The van der Waals surface area contributed by atoms with Crippen molar-refractivity contribution in [3.63, 3.8) is 0 Å². The topological polar surface area (TPSA) is 32.8 Å². The molecule has 0 aliphatic carbocycles. The van der Waals surface area contributed by atoms with Crippen molar-refractivity contribution < 1.29 is 9.53 Å². The molecule has 116 valence electrons. The number of piperazine rings is 1. The molecule has 0 radical (unpaired) electrons. The largest absolute Gasteiger partial charge is 0.444 e. The fraction of sp³-hybridized carbons (Fsp3) is 0.588. The number of rotatable bonds is 2. The normalized spacial score (nSPS) is 18.4. The Labute approximate surface area is 127 Å². The van der Waals surface area contributed by atoms with Gasteiger partial charge in [0.2, 0.25) is 0 Å². The van der Waals surface area contributed by atoms with E-state index in [1.165, 1.54) is 5.56 Å². The summed E-state index contributed by atoms with van der Waals surface area (Å²) >= 11 is 0. The van der Waals surface area contributed by atoms with Crippen LogP contribution in [-0.2, 0) is 4.74 Å². The molecule has 1 aromatic carbocycles. The Morgan fingerprint density at radius 3 is 2.19 bits per heavy atom. The summed E-state index contributed by atoms with van der Waals surface area (Å²) in [5.41, 5.74) is 0.897. The van der Waals surface area contributed by atoms with E-state index in [-0.39, 0.29) is 6.09 Å². The van der Waals surface area contributed by atoms with E-state index >= 15 is 0 Å². The van der Waals surface area contributed by atoms with Crippen molar-refractivity contribution in [3.05, 3.63) is 35.9 Å². The third kappa shape index (κ3) is 4.46. The maximum atomic E-state index is 12.0. The van der Waals surface area contributed by atoms with Gasteiger partial charge in [0, 0.05) is 32.2 Å². The standard InChI is InChI=1S/C17H26N2O2/c1-14(15-8-6-5-7-9-15)18-10-12-19(13-11-18)16(20)21-17(2,3)4/h5-9,14H,10-13H2,1-4H3. The lowest BCUT2D eigenvalue weighted by Gasteiger charge is -2.38. The molecule has 1 aliphatic rings. The lowest BCUT2D eigenvalue weighted by Crippen LogP contribution is -2.50. The minimum Gasteiger partial charge on any atom is -0.444 e. The second-order valence-electron chi connectivity index (χ2n) is 6.59. The van der Waals surface area contributed by atoms with Crippen molar-refractivity contribution in [1.29, 1.82) is 0 Å². The molecule has 0 aromatic heterocycles. The average Bonchev–Trinajstić information content (AvgIpc) is 2.46. The number of benzene rings is 1. The van der Waals surface area contributed by atoms with Crippen molar-refractivity contribution in [1.82, 2.24) is 9.80 Å². The van der Waals surface area contributed by atoms with E-state index in [1.54, 1.807) is 4.90 Å². The SMILES string of the molecule is CC(c1ccccc1)N1CCN(C(=O)OC(C)(C)C)CC1. The van der Waals surface area contributed by atoms with Gasteiger partial charge in [-0.05, 0) is 33.3 Å². The van der Waals surface area contributed by atoms with Crippen molar-refractivity contribution in [2.45, 2.75) is 39.3 Å². The quantitative estimate of drug-likeness (QED) is 0.838. The number of nitrogens with zero attached hydrogens (tertiary/aromatic N) is 2. The number of hydrogen-bond acceptors (Lipinski definition) is 3. The number of carbonyl (C=O) groups is 1. The molecular weight excluding hydrogens is 264 g/mol. The van der Waals surface area contributed by atoms with Crippen LogP contribution >= 0.6 is 0 Å². The van der Waals surface area contributed by atoms with Crippen LogP contribution in [0.3, 0.4) is 0 Å². The molecule has 21 heavy (non-hydrogen) atoms. The van der Waals surface area contributed by atoms with Crippen molar-refractivity contribution >= 4 is 6.09 Å². The van der Waals surface area contributed by atoms with Gasteiger partial charge in [0.1, 0.15) is 5.60 Å². The summed E-state index contributed by atoms with van der Waals surface area (Å²) in [6.45, 7) is 11.1. The predicted octanol–water partition coefficient (Wildman–Crippen LogP) is 3.30. The Bertz CT molecular complexity index is 459. The third-order valence-corrected chi connectivity index (χ3v) is 3.80. The predicted molar refractivity (Wildman–Crippen MR) is 84.2 cm³/mol. The molecule has 1 saturated heterocycles. The molecule has 1 aliphatic heterocycles. The molecule has 1 heterocycles. The molecule has 0 N–H and O–H groups in total. The summed E-state index contributed by atoms with van der Waals surface area (Å²) in [5.74, 6) is 0. The smallest absolute Gasteiger partial charge is 0.410 e. The summed E-state index contributed by atoms with van der Waals surface area (Å²) in [6.07, 6.45) is -0.200. The first-order valence-electron chi connectivity index (χ1n) is 7.64. The van der Waals surface area contributed by atoms with Gasteiger partial charge in [-0.15, -0.1) is 0 Å². The van der Waals surface area contributed by atoms with Crippen LogP contribution in [0.15, 0.2) is 30.3 Å². The van der Waals surface area contributed by atoms with E-state index in [0.717, 1.165) is 26.2 Å². The molecule has 1 fully saturated rings. The minimum absolute atomic E-state index is 0.200. The van der Waals surface area contributed by atoms with Gasteiger partial charge in [0.25, 0.3) is 0 Å². The summed E-state index contributed by atoms with van der Waals surface area (Å²) < 4.78 is 5.43. The highest BCUT2D eigenvalue weighted by Crippen LogP contribution is 2.21. The van der Waals surface area contributed by atoms with Gasteiger partial charge in [0.15, 0.2) is 0 Å². The van der Waals surface area contributed by atoms with E-state index < -0.39 is 5.60 Å². The van der Waals surface area contributed by atoms with Crippen molar-refractivity contribution in [2.24, 2.45) is 0 Å². The van der Waals surface area contributed by atoms with Gasteiger partial charge in [-0.1, -0.05) is 30.3 Å². The van der Waals surface area contributed by atoms with E-state index in [2.05, 4.69) is 36.1 Å². The molecule has 1 unspecified atom stereocenters. The lowest BCUT2D eigenvalue weighted by atomic mass is 10.1. The van der Waals surface area contributed by atoms with Gasteiger partial charge >= 0.3 is 6.09 Å². The zero-order chi connectivity index (χ0) is 15.5. The molecule has 2 rings (SSSR count).